The van der Waals surface area contributed by atoms with Crippen molar-refractivity contribution in [3.8, 4) is 0 Å². The Kier molecular flexibility index (Phi) is 4.04. The van der Waals surface area contributed by atoms with Crippen LogP contribution in [-0.2, 0) is 0 Å². The van der Waals surface area contributed by atoms with E-state index in [9.17, 15) is 13.9 Å². The van der Waals surface area contributed by atoms with Gasteiger partial charge in [0.15, 0.2) is 0 Å². The molecule has 2 rings (SSSR count). The van der Waals surface area contributed by atoms with Crippen LogP contribution >= 0.6 is 0 Å². The molecule has 0 aliphatic heterocycles. The highest BCUT2D eigenvalue weighted by atomic mass is 19.1. The molecule has 4 heteroatoms. The van der Waals surface area contributed by atoms with E-state index in [2.05, 4.69) is 0 Å². The minimum absolute atomic E-state index is 0.305. The SMILES string of the molecule is Cc1ccc(F)c(C(O)c2cccc(N(C)C)c2)c1F. The molecule has 2 aromatic rings. The summed E-state index contributed by atoms with van der Waals surface area (Å²) in [6.07, 6.45) is -1.32. The summed E-state index contributed by atoms with van der Waals surface area (Å²) in [6.45, 7) is 1.54. The Morgan fingerprint density at radius 3 is 2.45 bits per heavy atom. The molecule has 1 atom stereocenters. The molecule has 0 saturated heterocycles. The number of hydrogen-bond donors (Lipinski definition) is 1. The molecule has 0 bridgehead atoms. The third-order valence-electron chi connectivity index (χ3n) is 3.30. The van der Waals surface area contributed by atoms with Crippen LogP contribution in [-0.4, -0.2) is 19.2 Å². The summed E-state index contributed by atoms with van der Waals surface area (Å²) in [4.78, 5) is 1.86. The maximum absolute atomic E-state index is 14.0. The highest BCUT2D eigenvalue weighted by Crippen LogP contribution is 2.30. The smallest absolute Gasteiger partial charge is 0.135 e. The molecule has 0 radical (unpaired) electrons. The standard InChI is InChI=1S/C16H17F2NO/c1-10-7-8-13(17)14(15(10)18)16(20)11-5-4-6-12(9-11)19(2)3/h4-9,16,20H,1-3H3. The van der Waals surface area contributed by atoms with Gasteiger partial charge in [-0.1, -0.05) is 18.2 Å². The van der Waals surface area contributed by atoms with Crippen molar-refractivity contribution in [2.45, 2.75) is 13.0 Å². The molecule has 0 heterocycles. The van der Waals surface area contributed by atoms with Crippen LogP contribution in [0.4, 0.5) is 14.5 Å². The van der Waals surface area contributed by atoms with E-state index in [0.29, 0.717) is 11.1 Å². The van der Waals surface area contributed by atoms with Crippen molar-refractivity contribution in [1.29, 1.82) is 0 Å². The zero-order chi connectivity index (χ0) is 14.9. The summed E-state index contributed by atoms with van der Waals surface area (Å²) in [5, 5.41) is 10.3. The first kappa shape index (κ1) is 14.5. The third-order valence-corrected chi connectivity index (χ3v) is 3.30. The first-order valence-electron chi connectivity index (χ1n) is 6.31. The Morgan fingerprint density at radius 2 is 1.80 bits per heavy atom. The summed E-state index contributed by atoms with van der Waals surface area (Å²) in [7, 11) is 3.72. The van der Waals surface area contributed by atoms with E-state index in [1.54, 1.807) is 25.1 Å². The molecule has 2 aromatic carbocycles. The fourth-order valence-corrected chi connectivity index (χ4v) is 2.07. The fourth-order valence-electron chi connectivity index (χ4n) is 2.07. The maximum Gasteiger partial charge on any atom is 0.135 e. The molecule has 0 aliphatic carbocycles. The van der Waals surface area contributed by atoms with Crippen molar-refractivity contribution < 1.29 is 13.9 Å². The molecule has 2 nitrogen and oxygen atoms in total. The number of nitrogens with zero attached hydrogens (tertiary/aromatic N) is 1. The second-order valence-electron chi connectivity index (χ2n) is 4.98. The Bertz CT molecular complexity index is 626. The molecule has 20 heavy (non-hydrogen) atoms. The first-order valence-corrected chi connectivity index (χ1v) is 6.31. The summed E-state index contributed by atoms with van der Waals surface area (Å²) in [6, 6.07) is 9.51. The van der Waals surface area contributed by atoms with Crippen molar-refractivity contribution >= 4 is 5.69 Å². The van der Waals surface area contributed by atoms with Gasteiger partial charge >= 0.3 is 0 Å². The molecule has 0 saturated carbocycles. The fraction of sp³-hybridized carbons (Fsp3) is 0.250. The Balaban J connectivity index is 2.49. The van der Waals surface area contributed by atoms with Crippen molar-refractivity contribution in [2.75, 3.05) is 19.0 Å². The van der Waals surface area contributed by atoms with E-state index in [-0.39, 0.29) is 5.56 Å². The maximum atomic E-state index is 14.0. The van der Waals surface area contributed by atoms with Crippen LogP contribution in [0.2, 0.25) is 0 Å². The van der Waals surface area contributed by atoms with E-state index in [1.807, 2.05) is 25.1 Å². The summed E-state index contributed by atoms with van der Waals surface area (Å²) in [5.41, 5.74) is 1.32. The van der Waals surface area contributed by atoms with Gasteiger partial charge in [-0.2, -0.15) is 0 Å². The van der Waals surface area contributed by atoms with Crippen molar-refractivity contribution in [3.05, 3.63) is 64.7 Å². The number of hydrogen-bond acceptors (Lipinski definition) is 2. The van der Waals surface area contributed by atoms with Crippen LogP contribution in [0.3, 0.4) is 0 Å². The van der Waals surface area contributed by atoms with E-state index in [4.69, 9.17) is 0 Å². The van der Waals surface area contributed by atoms with Crippen LogP contribution in [0.25, 0.3) is 0 Å². The second kappa shape index (κ2) is 5.59. The predicted molar refractivity (Wildman–Crippen MR) is 75.9 cm³/mol. The quantitative estimate of drug-likeness (QED) is 0.929. The Morgan fingerprint density at radius 1 is 1.10 bits per heavy atom. The van der Waals surface area contributed by atoms with Crippen molar-refractivity contribution in [3.63, 3.8) is 0 Å². The monoisotopic (exact) mass is 277 g/mol. The van der Waals surface area contributed by atoms with Gasteiger partial charge in [-0.3, -0.25) is 0 Å². The lowest BCUT2D eigenvalue weighted by Crippen LogP contribution is -2.11. The van der Waals surface area contributed by atoms with Gasteiger partial charge in [0, 0.05) is 19.8 Å². The van der Waals surface area contributed by atoms with Crippen LogP contribution in [0.1, 0.15) is 22.8 Å². The summed E-state index contributed by atoms with van der Waals surface area (Å²) >= 11 is 0. The molecule has 1 unspecified atom stereocenters. The zero-order valence-corrected chi connectivity index (χ0v) is 11.7. The first-order chi connectivity index (χ1) is 9.41. The van der Waals surface area contributed by atoms with Crippen LogP contribution in [0, 0.1) is 18.6 Å². The highest BCUT2D eigenvalue weighted by Gasteiger charge is 2.21. The van der Waals surface area contributed by atoms with E-state index in [1.165, 1.54) is 12.1 Å². The number of anilines is 1. The molecule has 0 fully saturated rings. The number of rotatable bonds is 3. The minimum atomic E-state index is -1.32. The van der Waals surface area contributed by atoms with Gasteiger partial charge < -0.3 is 10.0 Å². The second-order valence-corrected chi connectivity index (χ2v) is 4.98. The largest absolute Gasteiger partial charge is 0.383 e. The number of aliphatic hydroxyl groups excluding tert-OH is 1. The van der Waals surface area contributed by atoms with Gasteiger partial charge in [0.25, 0.3) is 0 Å². The van der Waals surface area contributed by atoms with Gasteiger partial charge in [-0.05, 0) is 36.2 Å². The van der Waals surface area contributed by atoms with Gasteiger partial charge in [0.2, 0.25) is 0 Å². The van der Waals surface area contributed by atoms with Gasteiger partial charge in [0.05, 0.1) is 5.56 Å². The topological polar surface area (TPSA) is 23.5 Å². The number of halogens is 2. The molecule has 0 spiro atoms. The average molecular weight is 277 g/mol. The van der Waals surface area contributed by atoms with Gasteiger partial charge in [-0.15, -0.1) is 0 Å². The molecule has 1 N–H and O–H groups in total. The van der Waals surface area contributed by atoms with Crippen LogP contribution in [0.5, 0.6) is 0 Å². The molecule has 0 aromatic heterocycles. The molecule has 0 amide bonds. The van der Waals surface area contributed by atoms with Crippen LogP contribution in [0.15, 0.2) is 36.4 Å². The average Bonchev–Trinajstić information content (AvgIpc) is 2.43. The molecular weight excluding hydrogens is 260 g/mol. The van der Waals surface area contributed by atoms with Crippen LogP contribution < -0.4 is 4.90 Å². The Hall–Kier alpha value is -1.94. The molecular formula is C16H17F2NO. The summed E-state index contributed by atoms with van der Waals surface area (Å²) in [5.74, 6) is -1.44. The summed E-state index contributed by atoms with van der Waals surface area (Å²) < 4.78 is 27.9. The third kappa shape index (κ3) is 2.65. The number of aryl methyl sites for hydroxylation is 1. The minimum Gasteiger partial charge on any atom is -0.383 e. The van der Waals surface area contributed by atoms with Gasteiger partial charge in [-0.25, -0.2) is 8.78 Å². The Labute approximate surface area is 117 Å². The lowest BCUT2D eigenvalue weighted by molar-refractivity contribution is 0.209. The molecule has 106 valence electrons. The zero-order valence-electron chi connectivity index (χ0n) is 11.7. The van der Waals surface area contributed by atoms with Gasteiger partial charge in [0.1, 0.15) is 17.7 Å². The number of aliphatic hydroxyl groups is 1. The predicted octanol–water partition coefficient (Wildman–Crippen LogP) is 3.42. The van der Waals surface area contributed by atoms with E-state index in [0.717, 1.165) is 5.69 Å². The highest BCUT2D eigenvalue weighted by molar-refractivity contribution is 5.49. The molecule has 0 aliphatic rings. The lowest BCUT2D eigenvalue weighted by Gasteiger charge is -2.18. The number of benzene rings is 2. The van der Waals surface area contributed by atoms with E-state index < -0.39 is 17.7 Å². The van der Waals surface area contributed by atoms with Crippen molar-refractivity contribution in [2.24, 2.45) is 0 Å². The van der Waals surface area contributed by atoms with E-state index >= 15 is 0 Å². The lowest BCUT2D eigenvalue weighted by atomic mass is 9.98. The van der Waals surface area contributed by atoms with Crippen molar-refractivity contribution in [1.82, 2.24) is 0 Å². The normalized spacial score (nSPS) is 12.3.